The molecule has 0 aliphatic heterocycles. The van der Waals surface area contributed by atoms with Crippen molar-refractivity contribution in [2.75, 3.05) is 7.11 Å². The Labute approximate surface area is 84.0 Å². The molecule has 0 saturated heterocycles. The minimum Gasteiger partial charge on any atom is -0.497 e. The first-order valence-electron chi connectivity index (χ1n) is 3.99. The van der Waals surface area contributed by atoms with E-state index in [2.05, 4.69) is 6.58 Å². The number of halogens is 1. The summed E-state index contributed by atoms with van der Waals surface area (Å²) in [7, 11) is 1.64. The number of ether oxygens (including phenoxy) is 1. The van der Waals surface area contributed by atoms with Gasteiger partial charge in [-0.1, -0.05) is 24.6 Å². The van der Waals surface area contributed by atoms with Gasteiger partial charge in [0.25, 0.3) is 0 Å². The predicted octanol–water partition coefficient (Wildman–Crippen LogP) is 3.48. The van der Waals surface area contributed by atoms with Crippen molar-refractivity contribution in [3.8, 4) is 5.75 Å². The molecule has 0 bridgehead atoms. The molecule has 0 aliphatic carbocycles. The van der Waals surface area contributed by atoms with Crippen molar-refractivity contribution in [2.24, 2.45) is 0 Å². The summed E-state index contributed by atoms with van der Waals surface area (Å²) in [5, 5.41) is 0.721. The molecule has 69 valence electrons. The Kier molecular flexibility index (Phi) is 3.38. The number of hydrogen-bond donors (Lipinski definition) is 0. The average Bonchev–Trinajstić information content (AvgIpc) is 2.17. The van der Waals surface area contributed by atoms with Crippen molar-refractivity contribution < 1.29 is 4.74 Å². The van der Waals surface area contributed by atoms with Gasteiger partial charge >= 0.3 is 0 Å². The van der Waals surface area contributed by atoms with Gasteiger partial charge in [-0.15, -0.1) is 6.58 Å². The summed E-state index contributed by atoms with van der Waals surface area (Å²) in [6.45, 7) is 5.66. The number of allylic oxidation sites excluding steroid dienone is 1. The van der Waals surface area contributed by atoms with Gasteiger partial charge in [-0.05, 0) is 23.8 Å². The van der Waals surface area contributed by atoms with Gasteiger partial charge in [-0.2, -0.15) is 0 Å². The maximum absolute atomic E-state index is 6.00. The molecule has 2 heteroatoms. The Morgan fingerprint density at radius 3 is 2.77 bits per heavy atom. The van der Waals surface area contributed by atoms with Crippen LogP contribution in [0, 0.1) is 5.92 Å². The third-order valence-corrected chi connectivity index (χ3v) is 2.23. The van der Waals surface area contributed by atoms with Gasteiger partial charge in [0.05, 0.1) is 7.11 Å². The zero-order chi connectivity index (χ0) is 9.84. The lowest BCUT2D eigenvalue weighted by Crippen LogP contribution is -1.92. The van der Waals surface area contributed by atoms with E-state index in [0.717, 1.165) is 22.3 Å². The Morgan fingerprint density at radius 1 is 1.54 bits per heavy atom. The summed E-state index contributed by atoms with van der Waals surface area (Å²) in [6, 6.07) is 5.56. The fourth-order valence-electron chi connectivity index (χ4n) is 1.04. The van der Waals surface area contributed by atoms with Gasteiger partial charge in [0, 0.05) is 10.9 Å². The Morgan fingerprint density at radius 2 is 2.23 bits per heavy atom. The molecule has 0 aliphatic rings. The van der Waals surface area contributed by atoms with Crippen LogP contribution in [0.25, 0.3) is 0 Å². The molecule has 1 aromatic carbocycles. The van der Waals surface area contributed by atoms with Gasteiger partial charge < -0.3 is 4.74 Å². The lowest BCUT2D eigenvalue weighted by molar-refractivity contribution is 0.414. The van der Waals surface area contributed by atoms with Gasteiger partial charge in [0.15, 0.2) is 0 Å². The standard InChI is InChI=1S/C11H12ClO/c1-4-8(2)10-7-9(13-3)5-6-11(10)12/h4-7H,1H2,2-3H3. The van der Waals surface area contributed by atoms with E-state index in [1.807, 2.05) is 25.1 Å². The predicted molar refractivity (Wildman–Crippen MR) is 56.2 cm³/mol. The van der Waals surface area contributed by atoms with Crippen LogP contribution in [0.1, 0.15) is 12.5 Å². The molecule has 0 atom stereocenters. The highest BCUT2D eigenvalue weighted by Gasteiger charge is 2.07. The first-order chi connectivity index (χ1) is 6.19. The van der Waals surface area contributed by atoms with Crippen LogP contribution >= 0.6 is 11.6 Å². The highest BCUT2D eigenvalue weighted by Crippen LogP contribution is 2.28. The summed E-state index contributed by atoms with van der Waals surface area (Å²) >= 11 is 6.00. The summed E-state index contributed by atoms with van der Waals surface area (Å²) < 4.78 is 5.10. The van der Waals surface area contributed by atoms with Crippen molar-refractivity contribution in [3.63, 3.8) is 0 Å². The molecule has 0 N–H and O–H groups in total. The fourth-order valence-corrected chi connectivity index (χ4v) is 1.31. The first kappa shape index (κ1) is 10.1. The second kappa shape index (κ2) is 4.33. The van der Waals surface area contributed by atoms with E-state index in [1.54, 1.807) is 13.2 Å². The van der Waals surface area contributed by atoms with Gasteiger partial charge in [-0.3, -0.25) is 0 Å². The second-order valence-electron chi connectivity index (χ2n) is 2.73. The molecule has 0 fully saturated rings. The SMILES string of the molecule is C=C[C](C)c1cc(OC)ccc1Cl. The van der Waals surface area contributed by atoms with Gasteiger partial charge in [0.2, 0.25) is 0 Å². The highest BCUT2D eigenvalue weighted by molar-refractivity contribution is 6.31. The van der Waals surface area contributed by atoms with Crippen LogP contribution in [0.2, 0.25) is 5.02 Å². The lowest BCUT2D eigenvalue weighted by Gasteiger charge is -2.09. The van der Waals surface area contributed by atoms with Crippen molar-refractivity contribution in [2.45, 2.75) is 6.92 Å². The van der Waals surface area contributed by atoms with Crippen LogP contribution < -0.4 is 4.74 Å². The van der Waals surface area contributed by atoms with E-state index in [9.17, 15) is 0 Å². The van der Waals surface area contributed by atoms with E-state index >= 15 is 0 Å². The molecule has 1 rings (SSSR count). The lowest BCUT2D eigenvalue weighted by atomic mass is 10.0. The highest BCUT2D eigenvalue weighted by atomic mass is 35.5. The average molecular weight is 196 g/mol. The summed E-state index contributed by atoms with van der Waals surface area (Å²) in [5.74, 6) is 1.85. The van der Waals surface area contributed by atoms with E-state index < -0.39 is 0 Å². The molecule has 0 amide bonds. The molecule has 0 aromatic heterocycles. The first-order valence-corrected chi connectivity index (χ1v) is 4.36. The molecule has 0 spiro atoms. The van der Waals surface area contributed by atoms with Crippen LogP contribution in [0.5, 0.6) is 5.75 Å². The third kappa shape index (κ3) is 2.25. The zero-order valence-electron chi connectivity index (χ0n) is 7.80. The summed E-state index contributed by atoms with van der Waals surface area (Å²) in [4.78, 5) is 0. The molecule has 0 unspecified atom stereocenters. The quantitative estimate of drug-likeness (QED) is 0.718. The molecule has 13 heavy (non-hydrogen) atoms. The normalized spacial score (nSPS) is 10.2. The minimum absolute atomic E-state index is 0.721. The topological polar surface area (TPSA) is 9.23 Å². The molecule has 0 saturated carbocycles. The maximum atomic E-state index is 6.00. The van der Waals surface area contributed by atoms with Crippen LogP contribution in [0.4, 0.5) is 0 Å². The molecule has 1 radical (unpaired) electrons. The van der Waals surface area contributed by atoms with Gasteiger partial charge in [-0.25, -0.2) is 0 Å². The van der Waals surface area contributed by atoms with Crippen LogP contribution in [-0.2, 0) is 0 Å². The zero-order valence-corrected chi connectivity index (χ0v) is 8.56. The molecule has 1 aromatic rings. The number of rotatable bonds is 3. The fraction of sp³-hybridized carbons (Fsp3) is 0.182. The molecule has 1 nitrogen and oxygen atoms in total. The smallest absolute Gasteiger partial charge is 0.119 e. The van der Waals surface area contributed by atoms with Crippen molar-refractivity contribution in [1.29, 1.82) is 0 Å². The van der Waals surface area contributed by atoms with Crippen LogP contribution in [0.15, 0.2) is 30.9 Å². The molecule has 0 heterocycles. The van der Waals surface area contributed by atoms with Gasteiger partial charge in [0.1, 0.15) is 5.75 Å². The maximum Gasteiger partial charge on any atom is 0.119 e. The Hall–Kier alpha value is -0.950. The summed E-state index contributed by atoms with van der Waals surface area (Å²) in [6.07, 6.45) is 1.78. The Bertz CT molecular complexity index is 307. The van der Waals surface area contributed by atoms with E-state index in [-0.39, 0.29) is 0 Å². The third-order valence-electron chi connectivity index (χ3n) is 1.90. The largest absolute Gasteiger partial charge is 0.497 e. The van der Waals surface area contributed by atoms with E-state index in [1.165, 1.54) is 0 Å². The van der Waals surface area contributed by atoms with Crippen molar-refractivity contribution in [1.82, 2.24) is 0 Å². The summed E-state index contributed by atoms with van der Waals surface area (Å²) in [5.41, 5.74) is 0.969. The number of benzene rings is 1. The van der Waals surface area contributed by atoms with E-state index in [0.29, 0.717) is 0 Å². The van der Waals surface area contributed by atoms with E-state index in [4.69, 9.17) is 16.3 Å². The monoisotopic (exact) mass is 195 g/mol. The second-order valence-corrected chi connectivity index (χ2v) is 3.14. The molecular weight excluding hydrogens is 184 g/mol. The van der Waals surface area contributed by atoms with Crippen LogP contribution in [0.3, 0.4) is 0 Å². The van der Waals surface area contributed by atoms with Crippen molar-refractivity contribution >= 4 is 11.6 Å². The van der Waals surface area contributed by atoms with Crippen molar-refractivity contribution in [3.05, 3.63) is 47.4 Å². The molecular formula is C11H12ClO. The van der Waals surface area contributed by atoms with Crippen LogP contribution in [-0.4, -0.2) is 7.11 Å². The Balaban J connectivity index is 3.10. The number of hydrogen-bond acceptors (Lipinski definition) is 1. The number of methoxy groups -OCH3 is 1. The minimum atomic E-state index is 0.721.